The molecule has 0 bridgehead atoms. The maximum absolute atomic E-state index is 14.1. The average molecular weight is 623 g/mol. The van der Waals surface area contributed by atoms with Gasteiger partial charge in [-0.05, 0) is 68.8 Å². The number of hydrogen-bond donors (Lipinski definition) is 4. The van der Waals surface area contributed by atoms with Crippen molar-refractivity contribution in [2.24, 2.45) is 29.4 Å². The van der Waals surface area contributed by atoms with E-state index in [4.69, 9.17) is 15.2 Å². The summed E-state index contributed by atoms with van der Waals surface area (Å²) < 4.78 is 10.4. The summed E-state index contributed by atoms with van der Waals surface area (Å²) in [6, 6.07) is 6.42. The van der Waals surface area contributed by atoms with Gasteiger partial charge in [0.15, 0.2) is 34.7 Å². The largest absolute Gasteiger partial charge is 0.505 e. The smallest absolute Gasteiger partial charge is 0.417 e. The van der Waals surface area contributed by atoms with Crippen LogP contribution in [0.25, 0.3) is 0 Å². The molecule has 238 valence electrons. The first-order chi connectivity index (χ1) is 21.1. The Morgan fingerprint density at radius 1 is 1.02 bits per heavy atom. The van der Waals surface area contributed by atoms with Crippen molar-refractivity contribution in [3.63, 3.8) is 0 Å². The number of aliphatic hydroxyl groups is 1. The predicted octanol–water partition coefficient (Wildman–Crippen LogP) is 0.553. The van der Waals surface area contributed by atoms with Crippen molar-refractivity contribution in [2.45, 2.75) is 24.5 Å². The van der Waals surface area contributed by atoms with E-state index in [1.165, 1.54) is 44.3 Å². The van der Waals surface area contributed by atoms with E-state index in [0.29, 0.717) is 17.0 Å². The standard InChI is InChI=1S/C31H34N4O10/c1-34(2)19-12-18(33-30(42)45-15-8-6-14(44-5)7-9-15)24(36)21-16(19)10-13-11-17-23(35(3)4)26(38)22(29(32)41)28(40)31(17,43)27(39)20(13)25(21)37/h6-9,12-13,17,20,22-23,36,43H,10-11H2,1-5H3,(H2,32,41)(H,33,42). The van der Waals surface area contributed by atoms with Gasteiger partial charge >= 0.3 is 6.09 Å². The van der Waals surface area contributed by atoms with Crippen molar-refractivity contribution in [3.05, 3.63) is 41.5 Å². The van der Waals surface area contributed by atoms with Gasteiger partial charge in [0.1, 0.15) is 17.2 Å². The number of likely N-dealkylation sites (N-methyl/N-ethyl adjacent to an activating group) is 1. The number of Topliss-reactive ketones (excluding diaryl/α,β-unsaturated/α-hetero) is 4. The number of phenolic OH excluding ortho intramolecular Hbond substituents is 1. The van der Waals surface area contributed by atoms with Crippen molar-refractivity contribution in [1.29, 1.82) is 0 Å². The molecule has 2 fully saturated rings. The third-order valence-electron chi connectivity index (χ3n) is 9.03. The monoisotopic (exact) mass is 622 g/mol. The summed E-state index contributed by atoms with van der Waals surface area (Å²) in [4.78, 5) is 82.9. The van der Waals surface area contributed by atoms with Gasteiger partial charge in [0.05, 0.1) is 30.3 Å². The molecule has 3 aliphatic rings. The average Bonchev–Trinajstić information content (AvgIpc) is 2.96. The number of rotatable bonds is 6. The fraction of sp³-hybridized carbons (Fsp3) is 0.419. The van der Waals surface area contributed by atoms with Gasteiger partial charge in [-0.25, -0.2) is 4.79 Å². The van der Waals surface area contributed by atoms with Crippen LogP contribution in [0.1, 0.15) is 22.3 Å². The lowest BCUT2D eigenvalue weighted by Gasteiger charge is -2.52. The zero-order valence-corrected chi connectivity index (χ0v) is 25.3. The summed E-state index contributed by atoms with van der Waals surface area (Å²) in [6.45, 7) is 0. The van der Waals surface area contributed by atoms with Crippen LogP contribution in [0.3, 0.4) is 0 Å². The molecule has 6 unspecified atom stereocenters. The van der Waals surface area contributed by atoms with Gasteiger partial charge in [-0.3, -0.25) is 34.2 Å². The van der Waals surface area contributed by atoms with Crippen LogP contribution in [0.5, 0.6) is 17.2 Å². The van der Waals surface area contributed by atoms with Crippen LogP contribution in [0.2, 0.25) is 0 Å². The number of ketones is 4. The van der Waals surface area contributed by atoms with Crippen LogP contribution in [0.4, 0.5) is 16.2 Å². The molecule has 2 saturated carbocycles. The number of nitrogens with one attached hydrogen (secondary N) is 1. The Labute approximate surface area is 258 Å². The van der Waals surface area contributed by atoms with Gasteiger partial charge in [0, 0.05) is 25.7 Å². The van der Waals surface area contributed by atoms with Gasteiger partial charge in [0.2, 0.25) is 5.91 Å². The van der Waals surface area contributed by atoms with E-state index in [9.17, 15) is 39.0 Å². The fourth-order valence-corrected chi connectivity index (χ4v) is 7.03. The van der Waals surface area contributed by atoms with Crippen LogP contribution in [-0.4, -0.2) is 97.2 Å². The maximum atomic E-state index is 14.1. The van der Waals surface area contributed by atoms with E-state index in [2.05, 4.69) is 5.32 Å². The Kier molecular flexibility index (Phi) is 7.92. The van der Waals surface area contributed by atoms with Crippen molar-refractivity contribution in [2.75, 3.05) is 45.5 Å². The summed E-state index contributed by atoms with van der Waals surface area (Å²) in [5.74, 6) is -11.0. The van der Waals surface area contributed by atoms with Crippen LogP contribution >= 0.6 is 0 Å². The summed E-state index contributed by atoms with van der Waals surface area (Å²) in [6.07, 6.45) is -0.980. The molecule has 45 heavy (non-hydrogen) atoms. The maximum Gasteiger partial charge on any atom is 0.417 e. The minimum atomic E-state index is -2.84. The minimum absolute atomic E-state index is 0.0729. The number of primary amides is 1. The number of carbonyl (C=O) groups excluding carboxylic acids is 6. The Morgan fingerprint density at radius 2 is 1.64 bits per heavy atom. The second-order valence-electron chi connectivity index (χ2n) is 12.0. The fourth-order valence-electron chi connectivity index (χ4n) is 7.03. The minimum Gasteiger partial charge on any atom is -0.505 e. The summed E-state index contributed by atoms with van der Waals surface area (Å²) in [5.41, 5.74) is 2.94. The highest BCUT2D eigenvalue weighted by Gasteiger charge is 2.69. The number of nitrogens with two attached hydrogens (primary N) is 1. The zero-order valence-electron chi connectivity index (χ0n) is 25.3. The number of benzene rings is 2. The molecule has 6 atom stereocenters. The SMILES string of the molecule is COc1ccc(OC(=O)Nc2cc(N(C)C)c3c(c2O)C(=O)C2C(=O)C4(O)C(=O)C(C(N)=O)C(=O)C(N(C)C)C4CC2C3)cc1. The first-order valence-corrected chi connectivity index (χ1v) is 14.2. The quantitative estimate of drug-likeness (QED) is 0.258. The third-order valence-corrected chi connectivity index (χ3v) is 9.03. The molecular weight excluding hydrogens is 588 g/mol. The molecule has 2 aromatic carbocycles. The van der Waals surface area contributed by atoms with E-state index in [-0.39, 0.29) is 29.8 Å². The topological polar surface area (TPSA) is 206 Å². The molecule has 5 N–H and O–H groups in total. The van der Waals surface area contributed by atoms with Gasteiger partial charge in [-0.2, -0.15) is 0 Å². The summed E-state index contributed by atoms with van der Waals surface area (Å²) in [5, 5.41) is 25.5. The van der Waals surface area contributed by atoms with E-state index < -0.39 is 76.2 Å². The summed E-state index contributed by atoms with van der Waals surface area (Å²) in [7, 11) is 7.91. The van der Waals surface area contributed by atoms with E-state index >= 15 is 0 Å². The van der Waals surface area contributed by atoms with E-state index in [1.807, 2.05) is 0 Å². The number of fused-ring (bicyclic) bond motifs is 3. The normalized spacial score (nSPS) is 27.3. The molecular formula is C31H34N4O10. The number of anilines is 2. The number of ether oxygens (including phenoxy) is 2. The van der Waals surface area contributed by atoms with Gasteiger partial charge in [-0.1, -0.05) is 0 Å². The highest BCUT2D eigenvalue weighted by Crippen LogP contribution is 2.52. The lowest BCUT2D eigenvalue weighted by Crippen LogP contribution is -2.74. The van der Waals surface area contributed by atoms with Crippen molar-refractivity contribution in [1.82, 2.24) is 4.90 Å². The Morgan fingerprint density at radius 3 is 2.20 bits per heavy atom. The molecule has 0 spiro atoms. The van der Waals surface area contributed by atoms with Crippen molar-refractivity contribution >= 4 is 46.5 Å². The molecule has 0 radical (unpaired) electrons. The van der Waals surface area contributed by atoms with Crippen LogP contribution in [0, 0.1) is 23.7 Å². The van der Waals surface area contributed by atoms with Crippen LogP contribution < -0.4 is 25.4 Å². The molecule has 5 rings (SSSR count). The zero-order chi connectivity index (χ0) is 33.1. The van der Waals surface area contributed by atoms with Gasteiger partial charge in [-0.15, -0.1) is 0 Å². The molecule has 0 heterocycles. The first-order valence-electron chi connectivity index (χ1n) is 14.2. The lowest BCUT2D eigenvalue weighted by atomic mass is 9.52. The van der Waals surface area contributed by atoms with Crippen LogP contribution in [-0.2, 0) is 25.6 Å². The second kappa shape index (κ2) is 11.3. The van der Waals surface area contributed by atoms with Gasteiger partial charge in [0.25, 0.3) is 0 Å². The number of amides is 2. The number of nitrogens with zero attached hydrogens (tertiary/aromatic N) is 2. The third kappa shape index (κ3) is 4.90. The molecule has 2 aromatic rings. The predicted molar refractivity (Wildman–Crippen MR) is 158 cm³/mol. The Hall–Kier alpha value is -4.82. The Bertz CT molecular complexity index is 1640. The molecule has 3 aliphatic carbocycles. The molecule has 14 nitrogen and oxygen atoms in total. The van der Waals surface area contributed by atoms with E-state index in [1.54, 1.807) is 31.1 Å². The van der Waals surface area contributed by atoms with Crippen molar-refractivity contribution in [3.8, 4) is 17.2 Å². The number of hydrogen-bond acceptors (Lipinski definition) is 12. The highest BCUT2D eigenvalue weighted by atomic mass is 16.6. The summed E-state index contributed by atoms with van der Waals surface area (Å²) >= 11 is 0. The number of methoxy groups -OCH3 is 1. The lowest BCUT2D eigenvalue weighted by molar-refractivity contribution is -0.181. The second-order valence-corrected chi connectivity index (χ2v) is 12.0. The molecule has 0 aromatic heterocycles. The highest BCUT2D eigenvalue weighted by molar-refractivity contribution is 6.32. The molecule has 14 heteroatoms. The van der Waals surface area contributed by atoms with E-state index in [0.717, 1.165) is 0 Å². The van der Waals surface area contributed by atoms with Crippen LogP contribution in [0.15, 0.2) is 30.3 Å². The Balaban J connectivity index is 1.55. The van der Waals surface area contributed by atoms with Gasteiger partial charge < -0.3 is 30.3 Å². The number of phenols is 1. The molecule has 0 aliphatic heterocycles. The molecule has 2 amide bonds. The number of carbonyl (C=O) groups is 6. The number of aromatic hydroxyl groups is 1. The van der Waals surface area contributed by atoms with Crippen molar-refractivity contribution < 1.29 is 48.5 Å². The molecule has 0 saturated heterocycles. The first kappa shape index (κ1) is 31.6.